The van der Waals surface area contributed by atoms with E-state index in [0.717, 1.165) is 26.2 Å². The van der Waals surface area contributed by atoms with Crippen molar-refractivity contribution in [2.45, 2.75) is 46.4 Å². The zero-order valence-electron chi connectivity index (χ0n) is 17.0. The number of rotatable bonds is 10. The predicted molar refractivity (Wildman–Crippen MR) is 102 cm³/mol. The van der Waals surface area contributed by atoms with E-state index in [1.54, 1.807) is 0 Å². The summed E-state index contributed by atoms with van der Waals surface area (Å²) >= 11 is 0. The van der Waals surface area contributed by atoms with Crippen LogP contribution in [0.1, 0.15) is 44.1 Å². The Morgan fingerprint density at radius 1 is 1.26 bits per heavy atom. The van der Waals surface area contributed by atoms with Crippen LogP contribution < -0.4 is 5.32 Å². The molecule has 0 bridgehead atoms. The van der Waals surface area contributed by atoms with Gasteiger partial charge in [-0.25, -0.2) is 4.98 Å². The quantitative estimate of drug-likeness (QED) is 0.623. The van der Waals surface area contributed by atoms with Crippen molar-refractivity contribution in [1.29, 1.82) is 0 Å². The van der Waals surface area contributed by atoms with Gasteiger partial charge in [0.15, 0.2) is 5.69 Å². The number of aliphatic hydroxyl groups excluding tert-OH is 1. The second kappa shape index (κ2) is 10.8. The highest BCUT2D eigenvalue weighted by atomic mass is 16.5. The van der Waals surface area contributed by atoms with Crippen LogP contribution in [0.25, 0.3) is 0 Å². The Morgan fingerprint density at radius 3 is 2.56 bits per heavy atom. The number of oxazole rings is 1. The molecule has 0 radical (unpaired) electrons. The molecule has 1 amide bonds. The average Bonchev–Trinajstić information content (AvgIpc) is 3.08. The molecular formula is C19H34N4O4. The molecule has 1 atom stereocenters. The van der Waals surface area contributed by atoms with E-state index in [4.69, 9.17) is 9.15 Å². The molecule has 1 aromatic heterocycles. The molecule has 154 valence electrons. The van der Waals surface area contributed by atoms with Crippen LogP contribution in [-0.4, -0.2) is 83.9 Å². The molecule has 1 fully saturated rings. The Kier molecular flexibility index (Phi) is 8.69. The first-order valence-corrected chi connectivity index (χ1v) is 9.80. The van der Waals surface area contributed by atoms with Gasteiger partial charge in [-0.3, -0.25) is 14.6 Å². The highest BCUT2D eigenvalue weighted by Crippen LogP contribution is 2.10. The number of nitrogens with zero attached hydrogens (tertiary/aromatic N) is 3. The normalized spacial score (nSPS) is 17.6. The SMILES string of the molecule is CC(C)CNC(=O)c1coc(CN2CCN(C[C@H](O)COC(C)C)CC2)n1. The molecule has 0 unspecified atom stereocenters. The summed E-state index contributed by atoms with van der Waals surface area (Å²) in [5, 5.41) is 12.9. The van der Waals surface area contributed by atoms with E-state index >= 15 is 0 Å². The standard InChI is InChI=1S/C19H34N4O4/c1-14(2)9-20-19(25)17-13-27-18(21-17)11-23-7-5-22(6-8-23)10-16(24)12-26-15(3)4/h13-16,24H,5-12H2,1-4H3,(H,20,25)/t16-/m0/s1. The lowest BCUT2D eigenvalue weighted by Crippen LogP contribution is -2.48. The summed E-state index contributed by atoms with van der Waals surface area (Å²) < 4.78 is 10.9. The van der Waals surface area contributed by atoms with Gasteiger partial charge in [0.1, 0.15) is 6.26 Å². The van der Waals surface area contributed by atoms with Gasteiger partial charge >= 0.3 is 0 Å². The first kappa shape index (κ1) is 21.8. The largest absolute Gasteiger partial charge is 0.447 e. The van der Waals surface area contributed by atoms with Crippen LogP contribution in [0.15, 0.2) is 10.7 Å². The molecule has 27 heavy (non-hydrogen) atoms. The zero-order valence-corrected chi connectivity index (χ0v) is 17.0. The lowest BCUT2D eigenvalue weighted by atomic mass is 10.2. The van der Waals surface area contributed by atoms with Crippen molar-refractivity contribution in [2.75, 3.05) is 45.9 Å². The fourth-order valence-electron chi connectivity index (χ4n) is 2.85. The van der Waals surface area contributed by atoms with E-state index in [0.29, 0.717) is 43.7 Å². The minimum Gasteiger partial charge on any atom is -0.447 e. The number of piperazine rings is 1. The summed E-state index contributed by atoms with van der Waals surface area (Å²) in [5.41, 5.74) is 0.331. The number of carbonyl (C=O) groups excluding carboxylic acids is 1. The second-order valence-electron chi connectivity index (χ2n) is 7.84. The fraction of sp³-hybridized carbons (Fsp3) is 0.789. The maximum Gasteiger partial charge on any atom is 0.273 e. The van der Waals surface area contributed by atoms with E-state index < -0.39 is 6.10 Å². The molecule has 0 spiro atoms. The number of β-amino-alcohol motifs (C(OH)–C–C–N with tert-alkyl or cyclic N) is 1. The van der Waals surface area contributed by atoms with Crippen molar-refractivity contribution in [1.82, 2.24) is 20.1 Å². The van der Waals surface area contributed by atoms with Crippen molar-refractivity contribution < 1.29 is 19.1 Å². The number of ether oxygens (including phenoxy) is 1. The summed E-state index contributed by atoms with van der Waals surface area (Å²) in [4.78, 5) is 20.8. The summed E-state index contributed by atoms with van der Waals surface area (Å²) in [7, 11) is 0. The number of hydrogen-bond donors (Lipinski definition) is 2. The Bertz CT molecular complexity index is 568. The van der Waals surface area contributed by atoms with Crippen molar-refractivity contribution in [3.8, 4) is 0 Å². The third-order valence-electron chi connectivity index (χ3n) is 4.37. The van der Waals surface area contributed by atoms with Crippen LogP contribution >= 0.6 is 0 Å². The van der Waals surface area contributed by atoms with E-state index in [1.807, 2.05) is 27.7 Å². The Morgan fingerprint density at radius 2 is 1.93 bits per heavy atom. The topological polar surface area (TPSA) is 91.1 Å². The molecule has 8 nitrogen and oxygen atoms in total. The number of nitrogens with one attached hydrogen (secondary N) is 1. The van der Waals surface area contributed by atoms with Crippen molar-refractivity contribution >= 4 is 5.91 Å². The van der Waals surface area contributed by atoms with E-state index in [1.165, 1.54) is 6.26 Å². The molecule has 2 rings (SSSR count). The van der Waals surface area contributed by atoms with Crippen molar-refractivity contribution in [2.24, 2.45) is 5.92 Å². The molecule has 2 heterocycles. The Hall–Kier alpha value is -1.48. The molecule has 0 aromatic carbocycles. The third kappa shape index (κ3) is 7.96. The number of aliphatic hydroxyl groups is 1. The average molecular weight is 383 g/mol. The highest BCUT2D eigenvalue weighted by Gasteiger charge is 2.21. The third-order valence-corrected chi connectivity index (χ3v) is 4.37. The molecule has 1 aliphatic rings. The fourth-order valence-corrected chi connectivity index (χ4v) is 2.85. The summed E-state index contributed by atoms with van der Waals surface area (Å²) in [6, 6.07) is 0. The first-order chi connectivity index (χ1) is 12.8. The van der Waals surface area contributed by atoms with Crippen LogP contribution in [0.2, 0.25) is 0 Å². The van der Waals surface area contributed by atoms with Crippen molar-refractivity contribution in [3.63, 3.8) is 0 Å². The zero-order chi connectivity index (χ0) is 19.8. The van der Waals surface area contributed by atoms with Crippen molar-refractivity contribution in [3.05, 3.63) is 17.8 Å². The summed E-state index contributed by atoms with van der Waals surface area (Å²) in [5.74, 6) is 0.761. The van der Waals surface area contributed by atoms with E-state index in [2.05, 4.69) is 20.1 Å². The minimum absolute atomic E-state index is 0.134. The van der Waals surface area contributed by atoms with Gasteiger partial charge in [0.25, 0.3) is 5.91 Å². The number of carbonyl (C=O) groups is 1. The number of amides is 1. The molecule has 1 aromatic rings. The molecule has 0 saturated carbocycles. The highest BCUT2D eigenvalue weighted by molar-refractivity contribution is 5.91. The van der Waals surface area contributed by atoms with Gasteiger partial charge in [-0.05, 0) is 19.8 Å². The smallest absolute Gasteiger partial charge is 0.273 e. The molecule has 1 saturated heterocycles. The molecule has 2 N–H and O–H groups in total. The Labute approximate surface area is 161 Å². The molecule has 0 aliphatic carbocycles. The van der Waals surface area contributed by atoms with E-state index in [-0.39, 0.29) is 12.0 Å². The van der Waals surface area contributed by atoms with Gasteiger partial charge in [0.05, 0.1) is 25.4 Å². The molecule has 8 heteroatoms. The first-order valence-electron chi connectivity index (χ1n) is 9.80. The maximum absolute atomic E-state index is 12.0. The van der Waals surface area contributed by atoms with E-state index in [9.17, 15) is 9.90 Å². The van der Waals surface area contributed by atoms with Crippen LogP contribution in [0.4, 0.5) is 0 Å². The van der Waals surface area contributed by atoms with Crippen LogP contribution in [0.3, 0.4) is 0 Å². The van der Waals surface area contributed by atoms with Crippen LogP contribution in [-0.2, 0) is 11.3 Å². The summed E-state index contributed by atoms with van der Waals surface area (Å²) in [6.07, 6.45) is 1.10. The minimum atomic E-state index is -0.461. The van der Waals surface area contributed by atoms with Crippen LogP contribution in [0.5, 0.6) is 0 Å². The maximum atomic E-state index is 12.0. The predicted octanol–water partition coefficient (Wildman–Crippen LogP) is 0.964. The monoisotopic (exact) mass is 382 g/mol. The van der Waals surface area contributed by atoms with Gasteiger partial charge in [-0.2, -0.15) is 0 Å². The Balaban J connectivity index is 1.70. The van der Waals surface area contributed by atoms with Gasteiger partial charge in [0.2, 0.25) is 5.89 Å². The molecule has 1 aliphatic heterocycles. The van der Waals surface area contributed by atoms with Gasteiger partial charge in [0, 0.05) is 39.3 Å². The second-order valence-corrected chi connectivity index (χ2v) is 7.84. The summed E-state index contributed by atoms with van der Waals surface area (Å²) in [6.45, 7) is 13.7. The lowest BCUT2D eigenvalue weighted by molar-refractivity contribution is -0.0151. The number of aromatic nitrogens is 1. The van der Waals surface area contributed by atoms with Gasteiger partial charge in [-0.15, -0.1) is 0 Å². The number of hydrogen-bond acceptors (Lipinski definition) is 7. The van der Waals surface area contributed by atoms with Gasteiger partial charge < -0.3 is 19.6 Å². The van der Waals surface area contributed by atoms with Gasteiger partial charge in [-0.1, -0.05) is 13.8 Å². The lowest BCUT2D eigenvalue weighted by Gasteiger charge is -2.35. The molecular weight excluding hydrogens is 348 g/mol. The van der Waals surface area contributed by atoms with Crippen LogP contribution in [0, 0.1) is 5.92 Å².